The van der Waals surface area contributed by atoms with E-state index in [0.29, 0.717) is 57.3 Å². The number of ether oxygens (including phenoxy) is 3. The molecule has 0 radical (unpaired) electrons. The number of hydrogen-bond acceptors (Lipinski definition) is 6. The number of carbonyl (C=O) groups is 1. The average molecular weight is 414 g/mol. The van der Waals surface area contributed by atoms with E-state index in [9.17, 15) is 13.2 Å². The molecule has 0 unspecified atom stereocenters. The first-order chi connectivity index (χ1) is 13.4. The maximum Gasteiger partial charge on any atom is 0.309 e. The minimum absolute atomic E-state index is 0.178. The molecule has 1 aliphatic heterocycles. The van der Waals surface area contributed by atoms with Crippen LogP contribution in [-0.4, -0.2) is 51.6 Å². The van der Waals surface area contributed by atoms with Crippen LogP contribution in [0.25, 0.3) is 0 Å². The number of rotatable bonds is 10. The number of esters is 1. The van der Waals surface area contributed by atoms with Gasteiger partial charge in [-0.25, -0.2) is 8.42 Å². The molecule has 2 rings (SSSR count). The molecule has 8 heteroatoms. The third kappa shape index (κ3) is 5.61. The number of hydrogen-bond donors (Lipinski definition) is 0. The second-order valence-electron chi connectivity index (χ2n) is 6.74. The van der Waals surface area contributed by atoms with Crippen LogP contribution in [-0.2, 0) is 19.6 Å². The summed E-state index contributed by atoms with van der Waals surface area (Å²) in [5.41, 5.74) is 0. The normalized spacial score (nSPS) is 16.0. The van der Waals surface area contributed by atoms with E-state index >= 15 is 0 Å². The van der Waals surface area contributed by atoms with Crippen molar-refractivity contribution in [2.24, 2.45) is 5.92 Å². The Hall–Kier alpha value is -1.80. The Bertz CT molecular complexity index is 741. The summed E-state index contributed by atoms with van der Waals surface area (Å²) in [5, 5.41) is 0. The molecule has 158 valence electrons. The zero-order valence-corrected chi connectivity index (χ0v) is 17.8. The van der Waals surface area contributed by atoms with Gasteiger partial charge < -0.3 is 14.2 Å². The molecular weight excluding hydrogens is 382 g/mol. The molecule has 0 spiro atoms. The fourth-order valence-electron chi connectivity index (χ4n) is 3.05. The van der Waals surface area contributed by atoms with Crippen LogP contribution < -0.4 is 9.47 Å². The molecule has 1 heterocycles. The summed E-state index contributed by atoms with van der Waals surface area (Å²) < 4.78 is 44.0. The quantitative estimate of drug-likeness (QED) is 0.548. The second kappa shape index (κ2) is 10.7. The molecule has 0 saturated carbocycles. The summed E-state index contributed by atoms with van der Waals surface area (Å²) in [4.78, 5) is 12.1. The summed E-state index contributed by atoms with van der Waals surface area (Å²) >= 11 is 0. The third-order valence-electron chi connectivity index (χ3n) is 4.55. The molecule has 1 aliphatic rings. The Labute approximate surface area is 168 Å². The number of carbonyl (C=O) groups excluding carboxylic acids is 1. The highest BCUT2D eigenvalue weighted by molar-refractivity contribution is 7.89. The van der Waals surface area contributed by atoms with E-state index in [-0.39, 0.29) is 16.8 Å². The van der Waals surface area contributed by atoms with Crippen LogP contribution in [0.2, 0.25) is 0 Å². The van der Waals surface area contributed by atoms with E-state index < -0.39 is 10.0 Å². The standard InChI is InChI=1S/C20H31NO6S/c1-4-13-26-18-8-7-17(15-19(18)27-14-5-2)28(23,24)21-11-9-16(10-12-21)20(22)25-6-3/h7-8,15-16H,4-6,9-14H2,1-3H3. The van der Waals surface area contributed by atoms with Crippen LogP contribution in [0.15, 0.2) is 23.1 Å². The molecule has 1 fully saturated rings. The van der Waals surface area contributed by atoms with Crippen LogP contribution in [0, 0.1) is 5.92 Å². The van der Waals surface area contributed by atoms with Gasteiger partial charge in [-0.05, 0) is 44.7 Å². The monoisotopic (exact) mass is 413 g/mol. The van der Waals surface area contributed by atoms with Gasteiger partial charge in [-0.15, -0.1) is 0 Å². The van der Waals surface area contributed by atoms with E-state index in [2.05, 4.69) is 0 Å². The Morgan fingerprint density at radius 3 is 2.21 bits per heavy atom. The largest absolute Gasteiger partial charge is 0.490 e. The molecule has 1 aromatic carbocycles. The van der Waals surface area contributed by atoms with Gasteiger partial charge >= 0.3 is 5.97 Å². The first-order valence-electron chi connectivity index (χ1n) is 10.00. The molecule has 0 amide bonds. The summed E-state index contributed by atoms with van der Waals surface area (Å²) in [7, 11) is -3.66. The number of nitrogens with zero attached hydrogens (tertiary/aromatic N) is 1. The van der Waals surface area contributed by atoms with Crippen molar-refractivity contribution in [1.82, 2.24) is 4.31 Å². The Kier molecular flexibility index (Phi) is 8.57. The maximum atomic E-state index is 13.1. The van der Waals surface area contributed by atoms with Crippen LogP contribution >= 0.6 is 0 Å². The molecular formula is C20H31NO6S. The topological polar surface area (TPSA) is 82.1 Å². The van der Waals surface area contributed by atoms with Crippen molar-refractivity contribution in [3.63, 3.8) is 0 Å². The average Bonchev–Trinajstić information content (AvgIpc) is 2.71. The van der Waals surface area contributed by atoms with Crippen molar-refractivity contribution in [3.8, 4) is 11.5 Å². The molecule has 0 bridgehead atoms. The zero-order chi connectivity index (χ0) is 20.6. The minimum Gasteiger partial charge on any atom is -0.490 e. The van der Waals surface area contributed by atoms with Gasteiger partial charge in [0.25, 0.3) is 0 Å². The van der Waals surface area contributed by atoms with Gasteiger partial charge in [0, 0.05) is 19.2 Å². The first kappa shape index (κ1) is 22.5. The molecule has 0 aromatic heterocycles. The molecule has 0 aliphatic carbocycles. The van der Waals surface area contributed by atoms with Gasteiger partial charge in [0.2, 0.25) is 10.0 Å². The zero-order valence-electron chi connectivity index (χ0n) is 17.0. The SMILES string of the molecule is CCCOc1ccc(S(=O)(=O)N2CCC(C(=O)OCC)CC2)cc1OCCC. The molecule has 28 heavy (non-hydrogen) atoms. The maximum absolute atomic E-state index is 13.1. The van der Waals surface area contributed by atoms with E-state index in [4.69, 9.17) is 14.2 Å². The lowest BCUT2D eigenvalue weighted by molar-refractivity contribution is -0.149. The van der Waals surface area contributed by atoms with E-state index in [1.54, 1.807) is 19.1 Å². The van der Waals surface area contributed by atoms with Crippen LogP contribution in [0.5, 0.6) is 11.5 Å². The van der Waals surface area contributed by atoms with E-state index in [1.807, 2.05) is 13.8 Å². The van der Waals surface area contributed by atoms with Crippen LogP contribution in [0.3, 0.4) is 0 Å². The van der Waals surface area contributed by atoms with Gasteiger partial charge in [-0.3, -0.25) is 4.79 Å². The lowest BCUT2D eigenvalue weighted by Crippen LogP contribution is -2.40. The molecule has 1 saturated heterocycles. The Balaban J connectivity index is 2.15. The van der Waals surface area contributed by atoms with Gasteiger partial charge in [-0.2, -0.15) is 4.31 Å². The second-order valence-corrected chi connectivity index (χ2v) is 8.67. The van der Waals surface area contributed by atoms with Crippen molar-refractivity contribution in [3.05, 3.63) is 18.2 Å². The van der Waals surface area contributed by atoms with Gasteiger partial charge in [0.1, 0.15) is 0 Å². The lowest BCUT2D eigenvalue weighted by atomic mass is 9.98. The fraction of sp³-hybridized carbons (Fsp3) is 0.650. The van der Waals surface area contributed by atoms with Crippen molar-refractivity contribution in [2.45, 2.75) is 51.3 Å². The van der Waals surface area contributed by atoms with Crippen molar-refractivity contribution in [1.29, 1.82) is 0 Å². The van der Waals surface area contributed by atoms with Crippen LogP contribution in [0.4, 0.5) is 0 Å². The van der Waals surface area contributed by atoms with Gasteiger partial charge in [-0.1, -0.05) is 13.8 Å². The Morgan fingerprint density at radius 1 is 1.04 bits per heavy atom. The molecule has 0 N–H and O–H groups in total. The fourth-order valence-corrected chi connectivity index (χ4v) is 4.53. The number of benzene rings is 1. The smallest absolute Gasteiger partial charge is 0.309 e. The number of sulfonamides is 1. The van der Waals surface area contributed by atoms with E-state index in [0.717, 1.165) is 12.8 Å². The first-order valence-corrected chi connectivity index (χ1v) is 11.4. The highest BCUT2D eigenvalue weighted by atomic mass is 32.2. The predicted octanol–water partition coefficient (Wildman–Crippen LogP) is 3.23. The van der Waals surface area contributed by atoms with Crippen LogP contribution in [0.1, 0.15) is 46.5 Å². The summed E-state index contributed by atoms with van der Waals surface area (Å²) in [6.07, 6.45) is 2.60. The summed E-state index contributed by atoms with van der Waals surface area (Å²) in [5.74, 6) is 0.514. The van der Waals surface area contributed by atoms with Crippen molar-refractivity contribution < 1.29 is 27.4 Å². The van der Waals surface area contributed by atoms with Gasteiger partial charge in [0.15, 0.2) is 11.5 Å². The van der Waals surface area contributed by atoms with Crippen molar-refractivity contribution >= 4 is 16.0 Å². The van der Waals surface area contributed by atoms with Gasteiger partial charge in [0.05, 0.1) is 30.6 Å². The highest BCUT2D eigenvalue weighted by Crippen LogP contribution is 2.33. The minimum atomic E-state index is -3.66. The third-order valence-corrected chi connectivity index (χ3v) is 6.44. The molecule has 7 nitrogen and oxygen atoms in total. The molecule has 0 atom stereocenters. The van der Waals surface area contributed by atoms with E-state index in [1.165, 1.54) is 10.4 Å². The summed E-state index contributed by atoms with van der Waals surface area (Å²) in [6, 6.07) is 4.74. The van der Waals surface area contributed by atoms with Crippen molar-refractivity contribution in [2.75, 3.05) is 32.9 Å². The Morgan fingerprint density at radius 2 is 1.64 bits per heavy atom. The predicted molar refractivity (Wildman–Crippen MR) is 106 cm³/mol. The summed E-state index contributed by atoms with van der Waals surface area (Å²) in [6.45, 7) is 7.71. The number of piperidine rings is 1. The highest BCUT2D eigenvalue weighted by Gasteiger charge is 2.33. The lowest BCUT2D eigenvalue weighted by Gasteiger charge is -2.30. The molecule has 1 aromatic rings.